The Bertz CT molecular complexity index is 481. The minimum atomic E-state index is 0.108. The molecule has 1 unspecified atom stereocenters. The summed E-state index contributed by atoms with van der Waals surface area (Å²) >= 11 is 6.23. The lowest BCUT2D eigenvalue weighted by Gasteiger charge is -2.14. The maximum Gasteiger partial charge on any atom is 0.138 e. The molecule has 0 amide bonds. The minimum Gasteiger partial charge on any atom is -0.327 e. The highest BCUT2D eigenvalue weighted by Crippen LogP contribution is 2.24. The summed E-state index contributed by atoms with van der Waals surface area (Å²) in [5, 5.41) is 4.85. The highest BCUT2D eigenvalue weighted by Gasteiger charge is 2.12. The fourth-order valence-electron chi connectivity index (χ4n) is 1.70. The summed E-state index contributed by atoms with van der Waals surface area (Å²) in [6.07, 6.45) is 4.82. The first-order chi connectivity index (χ1) is 8.22. The highest BCUT2D eigenvalue weighted by atomic mass is 35.5. The maximum absolute atomic E-state index is 6.23. The van der Waals surface area contributed by atoms with Gasteiger partial charge in [0.1, 0.15) is 12.7 Å². The number of hydrogen-bond donors (Lipinski definition) is 1. The fraction of sp³-hybridized carbons (Fsp3) is 0.333. The zero-order chi connectivity index (χ0) is 12.3. The molecule has 0 radical (unpaired) electrons. The Morgan fingerprint density at radius 3 is 2.94 bits per heavy atom. The van der Waals surface area contributed by atoms with Gasteiger partial charge in [-0.1, -0.05) is 24.6 Å². The van der Waals surface area contributed by atoms with E-state index >= 15 is 0 Å². The summed E-state index contributed by atoms with van der Waals surface area (Å²) in [6, 6.07) is 5.86. The largest absolute Gasteiger partial charge is 0.327 e. The predicted molar refractivity (Wildman–Crippen MR) is 68.3 cm³/mol. The molecule has 1 aromatic carbocycles. The Hall–Kier alpha value is -1.39. The minimum absolute atomic E-state index is 0.108. The SMILES string of the molecule is CCC(N)Cc1c(Cl)cccc1-n1cncn1. The average molecular weight is 251 g/mol. The molecule has 2 N–H and O–H groups in total. The van der Waals surface area contributed by atoms with Crippen LogP contribution in [0.2, 0.25) is 5.02 Å². The molecule has 0 bridgehead atoms. The lowest BCUT2D eigenvalue weighted by atomic mass is 10.0. The van der Waals surface area contributed by atoms with Crippen LogP contribution in [0.1, 0.15) is 18.9 Å². The molecule has 4 nitrogen and oxygen atoms in total. The van der Waals surface area contributed by atoms with Gasteiger partial charge in [0.15, 0.2) is 0 Å². The second-order valence-electron chi connectivity index (χ2n) is 3.95. The summed E-state index contributed by atoms with van der Waals surface area (Å²) in [5.74, 6) is 0. The fourth-order valence-corrected chi connectivity index (χ4v) is 1.95. The third-order valence-electron chi connectivity index (χ3n) is 2.75. The molecule has 1 heterocycles. The van der Waals surface area contributed by atoms with Gasteiger partial charge in [0, 0.05) is 11.1 Å². The van der Waals surface area contributed by atoms with E-state index in [1.165, 1.54) is 6.33 Å². The van der Waals surface area contributed by atoms with Gasteiger partial charge in [-0.3, -0.25) is 0 Å². The number of nitrogens with two attached hydrogens (primary N) is 1. The molecule has 0 saturated heterocycles. The van der Waals surface area contributed by atoms with E-state index in [1.807, 2.05) is 18.2 Å². The Morgan fingerprint density at radius 2 is 2.29 bits per heavy atom. The molecule has 0 aliphatic heterocycles. The van der Waals surface area contributed by atoms with Crippen molar-refractivity contribution in [2.75, 3.05) is 0 Å². The van der Waals surface area contributed by atoms with Crippen molar-refractivity contribution in [3.8, 4) is 5.69 Å². The van der Waals surface area contributed by atoms with E-state index in [1.54, 1.807) is 11.0 Å². The third-order valence-corrected chi connectivity index (χ3v) is 3.10. The van der Waals surface area contributed by atoms with Crippen molar-refractivity contribution in [1.82, 2.24) is 14.8 Å². The standard InChI is InChI=1S/C12H15ClN4/c1-2-9(14)6-10-11(13)4-3-5-12(10)17-8-15-7-16-17/h3-5,7-9H,2,6,14H2,1H3. The van der Waals surface area contributed by atoms with Gasteiger partial charge in [-0.2, -0.15) is 5.10 Å². The summed E-state index contributed by atoms with van der Waals surface area (Å²) in [7, 11) is 0. The summed E-state index contributed by atoms with van der Waals surface area (Å²) in [4.78, 5) is 3.95. The molecule has 0 aliphatic rings. The van der Waals surface area contributed by atoms with Crippen LogP contribution in [0.5, 0.6) is 0 Å². The van der Waals surface area contributed by atoms with E-state index in [2.05, 4.69) is 17.0 Å². The van der Waals surface area contributed by atoms with Crippen molar-refractivity contribution in [3.63, 3.8) is 0 Å². The quantitative estimate of drug-likeness (QED) is 0.905. The van der Waals surface area contributed by atoms with Crippen molar-refractivity contribution in [2.24, 2.45) is 5.73 Å². The molecule has 0 saturated carbocycles. The molecule has 0 fully saturated rings. The Balaban J connectivity index is 2.42. The van der Waals surface area contributed by atoms with E-state index in [-0.39, 0.29) is 6.04 Å². The number of nitrogens with zero attached hydrogens (tertiary/aromatic N) is 3. The Kier molecular flexibility index (Phi) is 3.76. The van der Waals surface area contributed by atoms with Crippen molar-refractivity contribution in [2.45, 2.75) is 25.8 Å². The van der Waals surface area contributed by atoms with Gasteiger partial charge in [0.25, 0.3) is 0 Å². The summed E-state index contributed by atoms with van der Waals surface area (Å²) in [6.45, 7) is 2.07. The van der Waals surface area contributed by atoms with Crippen LogP contribution in [0.25, 0.3) is 5.69 Å². The predicted octanol–water partition coefficient (Wildman–Crippen LogP) is 2.20. The van der Waals surface area contributed by atoms with E-state index in [9.17, 15) is 0 Å². The molecule has 2 rings (SSSR count). The molecule has 1 atom stereocenters. The van der Waals surface area contributed by atoms with Gasteiger partial charge in [-0.15, -0.1) is 0 Å². The van der Waals surface area contributed by atoms with Gasteiger partial charge < -0.3 is 5.73 Å². The number of hydrogen-bond acceptors (Lipinski definition) is 3. The smallest absolute Gasteiger partial charge is 0.138 e. The number of rotatable bonds is 4. The van der Waals surface area contributed by atoms with Crippen LogP contribution in [-0.2, 0) is 6.42 Å². The second kappa shape index (κ2) is 5.29. The van der Waals surface area contributed by atoms with Crippen LogP contribution in [0, 0.1) is 0 Å². The second-order valence-corrected chi connectivity index (χ2v) is 4.36. The summed E-state index contributed by atoms with van der Waals surface area (Å²) < 4.78 is 1.71. The van der Waals surface area contributed by atoms with Crippen LogP contribution in [0.4, 0.5) is 0 Å². The first kappa shape index (κ1) is 12.1. The van der Waals surface area contributed by atoms with Crippen LogP contribution in [-0.4, -0.2) is 20.8 Å². The Labute approximate surface area is 105 Å². The molecule has 5 heteroatoms. The van der Waals surface area contributed by atoms with Crippen LogP contribution in [0.3, 0.4) is 0 Å². The van der Waals surface area contributed by atoms with Gasteiger partial charge in [0.05, 0.1) is 5.69 Å². The monoisotopic (exact) mass is 250 g/mol. The molecular weight excluding hydrogens is 236 g/mol. The van der Waals surface area contributed by atoms with E-state index in [4.69, 9.17) is 17.3 Å². The zero-order valence-electron chi connectivity index (χ0n) is 9.68. The van der Waals surface area contributed by atoms with E-state index in [0.717, 1.165) is 29.1 Å². The number of halogens is 1. The topological polar surface area (TPSA) is 56.7 Å². The first-order valence-corrected chi connectivity index (χ1v) is 5.98. The first-order valence-electron chi connectivity index (χ1n) is 5.60. The molecule has 90 valence electrons. The van der Waals surface area contributed by atoms with Crippen molar-refractivity contribution >= 4 is 11.6 Å². The molecule has 1 aromatic heterocycles. The normalized spacial score (nSPS) is 12.6. The average Bonchev–Trinajstić information content (AvgIpc) is 2.85. The zero-order valence-corrected chi connectivity index (χ0v) is 10.4. The molecular formula is C12H15ClN4. The van der Waals surface area contributed by atoms with Gasteiger partial charge in [-0.05, 0) is 30.5 Å². The summed E-state index contributed by atoms with van der Waals surface area (Å²) in [5.41, 5.74) is 7.96. The molecule has 17 heavy (non-hydrogen) atoms. The third kappa shape index (κ3) is 2.65. The van der Waals surface area contributed by atoms with E-state index < -0.39 is 0 Å². The highest BCUT2D eigenvalue weighted by molar-refractivity contribution is 6.31. The maximum atomic E-state index is 6.23. The molecule has 0 spiro atoms. The Morgan fingerprint density at radius 1 is 1.47 bits per heavy atom. The van der Waals surface area contributed by atoms with Crippen molar-refractivity contribution in [1.29, 1.82) is 0 Å². The van der Waals surface area contributed by atoms with E-state index in [0.29, 0.717) is 0 Å². The lowest BCUT2D eigenvalue weighted by Crippen LogP contribution is -2.22. The lowest BCUT2D eigenvalue weighted by molar-refractivity contribution is 0.642. The van der Waals surface area contributed by atoms with Gasteiger partial charge >= 0.3 is 0 Å². The van der Waals surface area contributed by atoms with Crippen LogP contribution in [0.15, 0.2) is 30.9 Å². The molecule has 2 aromatic rings. The number of aromatic nitrogens is 3. The number of benzene rings is 1. The van der Waals surface area contributed by atoms with Gasteiger partial charge in [-0.25, -0.2) is 9.67 Å². The van der Waals surface area contributed by atoms with Crippen molar-refractivity contribution < 1.29 is 0 Å². The molecule has 0 aliphatic carbocycles. The van der Waals surface area contributed by atoms with Crippen LogP contribution < -0.4 is 5.73 Å². The van der Waals surface area contributed by atoms with Gasteiger partial charge in [0.2, 0.25) is 0 Å². The van der Waals surface area contributed by atoms with Crippen molar-refractivity contribution in [3.05, 3.63) is 41.4 Å². The van der Waals surface area contributed by atoms with Crippen LogP contribution >= 0.6 is 11.6 Å².